The highest BCUT2D eigenvalue weighted by Gasteiger charge is 2.48. The van der Waals surface area contributed by atoms with E-state index in [0.717, 1.165) is 49.8 Å². The van der Waals surface area contributed by atoms with Crippen molar-refractivity contribution in [2.75, 3.05) is 29.7 Å². The van der Waals surface area contributed by atoms with Crippen molar-refractivity contribution in [2.45, 2.75) is 42.5 Å². The minimum absolute atomic E-state index is 0.0213. The molecule has 0 aliphatic carbocycles. The molecule has 2 aliphatic heterocycles. The molecule has 2 aromatic carbocycles. The number of halogens is 2. The van der Waals surface area contributed by atoms with Gasteiger partial charge in [0.2, 0.25) is 0 Å². The molecular weight excluding hydrogens is 495 g/mol. The number of rotatable bonds is 7. The number of fused-ring (bicyclic) bond motifs is 1. The third-order valence-corrected chi connectivity index (χ3v) is 9.41. The Balaban J connectivity index is 1.32. The van der Waals surface area contributed by atoms with Crippen molar-refractivity contribution in [3.63, 3.8) is 0 Å². The minimum atomic E-state index is -4.14. The Labute approximate surface area is 208 Å². The Morgan fingerprint density at radius 3 is 2.82 bits per heavy atom. The SMILES string of the molecule is Cc1ccc(C2CN3CCCC3(CNc3cc(F)c(S(=O)(=O)Nc4nccs4)cc3Cl)C2)cc1. The lowest BCUT2D eigenvalue weighted by atomic mass is 9.86. The van der Waals surface area contributed by atoms with E-state index < -0.39 is 20.7 Å². The summed E-state index contributed by atoms with van der Waals surface area (Å²) >= 11 is 7.52. The molecule has 0 spiro atoms. The van der Waals surface area contributed by atoms with Crippen molar-refractivity contribution in [1.82, 2.24) is 9.88 Å². The van der Waals surface area contributed by atoms with Crippen LogP contribution in [0.25, 0.3) is 0 Å². The summed E-state index contributed by atoms with van der Waals surface area (Å²) in [4.78, 5) is 5.92. The molecule has 2 unspecified atom stereocenters. The fraction of sp³-hybridized carbons (Fsp3) is 0.375. The van der Waals surface area contributed by atoms with E-state index in [0.29, 0.717) is 18.2 Å². The van der Waals surface area contributed by atoms with Crippen molar-refractivity contribution in [2.24, 2.45) is 0 Å². The second kappa shape index (κ2) is 9.11. The summed E-state index contributed by atoms with van der Waals surface area (Å²) in [5, 5.41) is 5.29. The summed E-state index contributed by atoms with van der Waals surface area (Å²) < 4.78 is 42.4. The maximum absolute atomic E-state index is 14.9. The Bertz CT molecular complexity index is 1290. The molecule has 6 nitrogen and oxygen atoms in total. The van der Waals surface area contributed by atoms with Crippen molar-refractivity contribution in [3.05, 3.63) is 69.9 Å². The molecule has 0 radical (unpaired) electrons. The summed E-state index contributed by atoms with van der Waals surface area (Å²) in [6.45, 7) is 4.77. The number of sulfonamides is 1. The van der Waals surface area contributed by atoms with Gasteiger partial charge in [0, 0.05) is 30.2 Å². The first-order valence-corrected chi connectivity index (χ1v) is 14.0. The van der Waals surface area contributed by atoms with Crippen LogP contribution in [0.4, 0.5) is 15.2 Å². The van der Waals surface area contributed by atoms with E-state index in [1.165, 1.54) is 23.4 Å². The molecule has 2 aliphatic rings. The third-order valence-electron chi connectivity index (χ3n) is 6.93. The van der Waals surface area contributed by atoms with Crippen LogP contribution in [-0.4, -0.2) is 43.5 Å². The molecule has 2 fully saturated rings. The van der Waals surface area contributed by atoms with Crippen LogP contribution >= 0.6 is 22.9 Å². The summed E-state index contributed by atoms with van der Waals surface area (Å²) in [6.07, 6.45) is 4.68. The quantitative estimate of drug-likeness (QED) is 0.431. The summed E-state index contributed by atoms with van der Waals surface area (Å²) in [5.41, 5.74) is 2.98. The summed E-state index contributed by atoms with van der Waals surface area (Å²) in [6, 6.07) is 11.1. The van der Waals surface area contributed by atoms with Gasteiger partial charge in [-0.2, -0.15) is 0 Å². The van der Waals surface area contributed by atoms with Gasteiger partial charge in [-0.15, -0.1) is 11.3 Å². The molecule has 2 N–H and O–H groups in total. The predicted molar refractivity (Wildman–Crippen MR) is 135 cm³/mol. The molecule has 5 rings (SSSR count). The predicted octanol–water partition coefficient (Wildman–Crippen LogP) is 5.48. The normalized spacial score (nSPS) is 22.6. The first-order chi connectivity index (χ1) is 16.3. The number of nitrogens with zero attached hydrogens (tertiary/aromatic N) is 2. The number of hydrogen-bond donors (Lipinski definition) is 2. The number of nitrogens with one attached hydrogen (secondary N) is 2. The fourth-order valence-electron chi connectivity index (χ4n) is 5.21. The van der Waals surface area contributed by atoms with Gasteiger partial charge in [0.25, 0.3) is 10.0 Å². The smallest absolute Gasteiger partial charge is 0.266 e. The van der Waals surface area contributed by atoms with Gasteiger partial charge < -0.3 is 5.32 Å². The van der Waals surface area contributed by atoms with Crippen LogP contribution in [0.15, 0.2) is 52.9 Å². The van der Waals surface area contributed by atoms with Crippen LogP contribution in [0.2, 0.25) is 5.02 Å². The van der Waals surface area contributed by atoms with E-state index in [9.17, 15) is 12.8 Å². The molecule has 2 atom stereocenters. The van der Waals surface area contributed by atoms with Gasteiger partial charge in [0.05, 0.1) is 10.7 Å². The van der Waals surface area contributed by atoms with E-state index in [1.54, 1.807) is 5.38 Å². The molecule has 0 saturated carbocycles. The highest BCUT2D eigenvalue weighted by Crippen LogP contribution is 2.45. The second-order valence-electron chi connectivity index (χ2n) is 9.14. The fourth-order valence-corrected chi connectivity index (χ4v) is 7.38. The van der Waals surface area contributed by atoms with Gasteiger partial charge in [-0.25, -0.2) is 17.8 Å². The van der Waals surface area contributed by atoms with Gasteiger partial charge in [-0.3, -0.25) is 9.62 Å². The van der Waals surface area contributed by atoms with Crippen LogP contribution in [0.1, 0.15) is 36.3 Å². The van der Waals surface area contributed by atoms with Crippen molar-refractivity contribution in [1.29, 1.82) is 0 Å². The Morgan fingerprint density at radius 1 is 1.29 bits per heavy atom. The number of anilines is 2. The summed E-state index contributed by atoms with van der Waals surface area (Å²) in [7, 11) is -4.14. The monoisotopic (exact) mass is 520 g/mol. The van der Waals surface area contributed by atoms with E-state index in [2.05, 4.69) is 51.1 Å². The standard InChI is InChI=1S/C24H26ClFN4O2S2/c1-16-3-5-17(6-4-16)18-13-24(7-2-9-30(24)14-18)15-28-21-12-20(26)22(11-19(21)25)34(31,32)29-23-27-8-10-33-23/h3-6,8,10-12,18,28H,2,7,9,13-15H2,1H3,(H,27,29). The van der Waals surface area contributed by atoms with Crippen LogP contribution in [0.5, 0.6) is 0 Å². The highest BCUT2D eigenvalue weighted by atomic mass is 35.5. The van der Waals surface area contributed by atoms with Crippen molar-refractivity contribution < 1.29 is 12.8 Å². The summed E-state index contributed by atoms with van der Waals surface area (Å²) in [5.74, 6) is -0.403. The van der Waals surface area contributed by atoms with Crippen molar-refractivity contribution >= 4 is 43.8 Å². The first kappa shape index (κ1) is 23.5. The average Bonchev–Trinajstić information content (AvgIpc) is 3.50. The van der Waals surface area contributed by atoms with E-state index in [1.807, 2.05) is 0 Å². The Hall–Kier alpha value is -2.20. The van der Waals surface area contributed by atoms with Gasteiger partial charge in [-0.05, 0) is 56.3 Å². The molecule has 3 aromatic rings. The van der Waals surface area contributed by atoms with Crippen LogP contribution in [0.3, 0.4) is 0 Å². The molecule has 34 heavy (non-hydrogen) atoms. The molecule has 180 valence electrons. The van der Waals surface area contributed by atoms with Gasteiger partial charge in [-0.1, -0.05) is 41.4 Å². The molecule has 0 bridgehead atoms. The maximum atomic E-state index is 14.9. The van der Waals surface area contributed by atoms with Gasteiger partial charge in [0.1, 0.15) is 10.7 Å². The van der Waals surface area contributed by atoms with E-state index >= 15 is 0 Å². The van der Waals surface area contributed by atoms with Crippen molar-refractivity contribution in [3.8, 4) is 0 Å². The molecule has 1 aromatic heterocycles. The van der Waals surface area contributed by atoms with Gasteiger partial charge in [0.15, 0.2) is 5.13 Å². The largest absolute Gasteiger partial charge is 0.382 e. The minimum Gasteiger partial charge on any atom is -0.382 e. The lowest BCUT2D eigenvalue weighted by molar-refractivity contribution is 0.209. The van der Waals surface area contributed by atoms with Gasteiger partial charge >= 0.3 is 0 Å². The molecular formula is C24H26ClFN4O2S2. The number of thiazole rings is 1. The van der Waals surface area contributed by atoms with Crippen LogP contribution < -0.4 is 10.0 Å². The average molecular weight is 521 g/mol. The Kier molecular flexibility index (Phi) is 6.31. The van der Waals surface area contributed by atoms with E-state index in [4.69, 9.17) is 11.6 Å². The zero-order valence-electron chi connectivity index (χ0n) is 18.7. The number of aromatic nitrogens is 1. The highest BCUT2D eigenvalue weighted by molar-refractivity contribution is 7.93. The maximum Gasteiger partial charge on any atom is 0.266 e. The molecule has 3 heterocycles. The zero-order valence-corrected chi connectivity index (χ0v) is 21.1. The number of aryl methyl sites for hydroxylation is 1. The zero-order chi connectivity index (χ0) is 23.9. The molecule has 2 saturated heterocycles. The lowest BCUT2D eigenvalue weighted by Crippen LogP contribution is -2.44. The Morgan fingerprint density at radius 2 is 2.09 bits per heavy atom. The molecule has 10 heteroatoms. The molecule has 0 amide bonds. The number of hydrogen-bond acceptors (Lipinski definition) is 6. The van der Waals surface area contributed by atoms with Crippen LogP contribution in [-0.2, 0) is 10.0 Å². The topological polar surface area (TPSA) is 74.3 Å². The second-order valence-corrected chi connectivity index (χ2v) is 12.1. The lowest BCUT2D eigenvalue weighted by Gasteiger charge is -2.32. The third kappa shape index (κ3) is 4.54. The van der Waals surface area contributed by atoms with E-state index in [-0.39, 0.29) is 15.7 Å². The van der Waals surface area contributed by atoms with Crippen LogP contribution in [0, 0.1) is 12.7 Å². The number of benzene rings is 2. The first-order valence-electron chi connectivity index (χ1n) is 11.2.